The molecule has 2 amide bonds. The van der Waals surface area contributed by atoms with Crippen LogP contribution >= 0.6 is 0 Å². The summed E-state index contributed by atoms with van der Waals surface area (Å²) in [4.78, 5) is 55.7. The molecule has 3 aromatic carbocycles. The van der Waals surface area contributed by atoms with Crippen molar-refractivity contribution in [2.24, 2.45) is 11.8 Å². The smallest absolute Gasteiger partial charge is 0.349 e. The summed E-state index contributed by atoms with van der Waals surface area (Å²) in [5, 5.41) is 0. The van der Waals surface area contributed by atoms with E-state index in [1.54, 1.807) is 36.4 Å². The number of ether oxygens (including phenoxy) is 1. The summed E-state index contributed by atoms with van der Waals surface area (Å²) in [6.07, 6.45) is -5.69. The number of imide groups is 1. The van der Waals surface area contributed by atoms with Crippen LogP contribution in [-0.4, -0.2) is 29.0 Å². The third-order valence-electron chi connectivity index (χ3n) is 7.38. The molecule has 0 saturated carbocycles. The Hall–Kier alpha value is -4.11. The molecule has 2 fully saturated rings. The van der Waals surface area contributed by atoms with Crippen LogP contribution in [0.15, 0.2) is 72.8 Å². The molecule has 1 spiro atoms. The Morgan fingerprint density at radius 3 is 1.89 bits per heavy atom. The van der Waals surface area contributed by atoms with Gasteiger partial charge in [-0.1, -0.05) is 54.1 Å². The average molecular weight is 505 g/mol. The highest BCUT2D eigenvalue weighted by Gasteiger charge is 2.74. The molecule has 0 aromatic heterocycles. The summed E-state index contributed by atoms with van der Waals surface area (Å²) in [6.45, 7) is 1.86. The standard InChI is InChI=1S/C28H18F3NO5/c1-14-6-8-15(9-7-14)22-20-21(27(37-22)23(33)18-4-2-3-5-19(18)24(27)34)26(36)32(25(20)35)17-12-10-16(11-13-17)28(29,30)31/h2-13,20-22H,1H3/t20-,21-,22-/m0/s1. The second-order valence-corrected chi connectivity index (χ2v) is 9.45. The van der Waals surface area contributed by atoms with E-state index in [4.69, 9.17) is 4.74 Å². The van der Waals surface area contributed by atoms with Gasteiger partial charge in [-0.05, 0) is 36.8 Å². The summed E-state index contributed by atoms with van der Waals surface area (Å²) in [7, 11) is 0. The van der Waals surface area contributed by atoms with Crippen LogP contribution in [-0.2, 0) is 20.5 Å². The van der Waals surface area contributed by atoms with E-state index >= 15 is 0 Å². The molecule has 0 bridgehead atoms. The highest BCUT2D eigenvalue weighted by Crippen LogP contribution is 2.57. The highest BCUT2D eigenvalue weighted by molar-refractivity contribution is 6.37. The van der Waals surface area contributed by atoms with Crippen molar-refractivity contribution in [1.29, 1.82) is 0 Å². The summed E-state index contributed by atoms with van der Waals surface area (Å²) in [6, 6.07) is 16.7. The molecule has 0 N–H and O–H groups in total. The van der Waals surface area contributed by atoms with Crippen molar-refractivity contribution in [2.45, 2.75) is 24.8 Å². The molecule has 2 aliphatic heterocycles. The van der Waals surface area contributed by atoms with E-state index in [9.17, 15) is 32.3 Å². The molecule has 9 heteroatoms. The molecule has 186 valence electrons. The Morgan fingerprint density at radius 2 is 1.35 bits per heavy atom. The van der Waals surface area contributed by atoms with E-state index < -0.39 is 58.7 Å². The van der Waals surface area contributed by atoms with Crippen molar-refractivity contribution in [3.8, 4) is 0 Å². The monoisotopic (exact) mass is 505 g/mol. The SMILES string of the molecule is Cc1ccc([C@@H]2OC3(C(=O)c4ccccc4C3=O)[C@@H]3C(=O)N(c4ccc(C(F)(F)F)cc4)C(=O)[C@@H]32)cc1. The van der Waals surface area contributed by atoms with Gasteiger partial charge in [0.25, 0.3) is 0 Å². The lowest BCUT2D eigenvalue weighted by Crippen LogP contribution is -2.51. The van der Waals surface area contributed by atoms with Gasteiger partial charge < -0.3 is 4.74 Å². The number of alkyl halides is 3. The van der Waals surface area contributed by atoms with E-state index in [1.165, 1.54) is 12.1 Å². The van der Waals surface area contributed by atoms with Crippen molar-refractivity contribution >= 4 is 29.1 Å². The number of aryl methyl sites for hydroxylation is 1. The molecule has 3 aromatic rings. The fourth-order valence-electron chi connectivity index (χ4n) is 5.63. The van der Waals surface area contributed by atoms with Gasteiger partial charge in [0, 0.05) is 11.1 Å². The second-order valence-electron chi connectivity index (χ2n) is 9.45. The van der Waals surface area contributed by atoms with Crippen molar-refractivity contribution < 1.29 is 37.1 Å². The maximum Gasteiger partial charge on any atom is 0.416 e. The molecule has 3 atom stereocenters. The number of halogens is 3. The fraction of sp³-hybridized carbons (Fsp3) is 0.214. The van der Waals surface area contributed by atoms with Gasteiger partial charge in [-0.3, -0.25) is 19.2 Å². The highest BCUT2D eigenvalue weighted by atomic mass is 19.4. The zero-order valence-electron chi connectivity index (χ0n) is 19.3. The molecule has 1 aliphatic carbocycles. The van der Waals surface area contributed by atoms with E-state index in [0.29, 0.717) is 5.56 Å². The summed E-state index contributed by atoms with van der Waals surface area (Å²) >= 11 is 0. The zero-order chi connectivity index (χ0) is 26.3. The van der Waals surface area contributed by atoms with E-state index in [1.807, 2.05) is 6.92 Å². The molecule has 37 heavy (non-hydrogen) atoms. The second kappa shape index (κ2) is 7.69. The van der Waals surface area contributed by atoms with Crippen molar-refractivity contribution in [1.82, 2.24) is 0 Å². The minimum Gasteiger partial charge on any atom is -0.349 e. The van der Waals surface area contributed by atoms with Crippen LogP contribution in [0.5, 0.6) is 0 Å². The van der Waals surface area contributed by atoms with Gasteiger partial charge in [0.2, 0.25) is 29.0 Å². The Balaban J connectivity index is 1.50. The Morgan fingerprint density at radius 1 is 0.784 bits per heavy atom. The first-order valence-corrected chi connectivity index (χ1v) is 11.5. The number of hydrogen-bond acceptors (Lipinski definition) is 5. The van der Waals surface area contributed by atoms with Gasteiger partial charge in [0.15, 0.2) is 0 Å². The van der Waals surface area contributed by atoms with Crippen molar-refractivity contribution in [3.63, 3.8) is 0 Å². The van der Waals surface area contributed by atoms with Crippen LogP contribution in [0.1, 0.15) is 43.5 Å². The van der Waals surface area contributed by atoms with Crippen LogP contribution in [0.2, 0.25) is 0 Å². The van der Waals surface area contributed by atoms with Crippen LogP contribution in [0.25, 0.3) is 0 Å². The minimum atomic E-state index is -4.60. The molecule has 6 nitrogen and oxygen atoms in total. The van der Waals surface area contributed by atoms with Gasteiger partial charge in [-0.25, -0.2) is 4.90 Å². The predicted molar refractivity (Wildman–Crippen MR) is 124 cm³/mol. The van der Waals surface area contributed by atoms with E-state index in [2.05, 4.69) is 0 Å². The number of Topliss-reactive ketones (excluding diaryl/α,β-unsaturated/α-hetero) is 2. The summed E-state index contributed by atoms with van der Waals surface area (Å²) in [5.74, 6) is -5.70. The van der Waals surface area contributed by atoms with E-state index in [0.717, 1.165) is 34.7 Å². The van der Waals surface area contributed by atoms with Crippen LogP contribution in [0.3, 0.4) is 0 Å². The minimum absolute atomic E-state index is 0.0781. The molecule has 2 heterocycles. The molecule has 0 radical (unpaired) electrons. The molecule has 0 unspecified atom stereocenters. The average Bonchev–Trinajstić information content (AvgIpc) is 3.44. The van der Waals surface area contributed by atoms with Crippen LogP contribution < -0.4 is 4.90 Å². The maximum atomic E-state index is 13.8. The van der Waals surface area contributed by atoms with Crippen molar-refractivity contribution in [3.05, 3.63) is 101 Å². The first-order chi connectivity index (χ1) is 17.6. The fourth-order valence-corrected chi connectivity index (χ4v) is 5.63. The van der Waals surface area contributed by atoms with Gasteiger partial charge in [-0.15, -0.1) is 0 Å². The predicted octanol–water partition coefficient (Wildman–Crippen LogP) is 4.71. The van der Waals surface area contributed by atoms with Crippen LogP contribution in [0.4, 0.5) is 18.9 Å². The lowest BCUT2D eigenvalue weighted by Gasteiger charge is -2.27. The van der Waals surface area contributed by atoms with Crippen molar-refractivity contribution in [2.75, 3.05) is 4.90 Å². The Labute approximate surface area is 208 Å². The van der Waals surface area contributed by atoms with Gasteiger partial charge in [0.05, 0.1) is 29.2 Å². The number of rotatable bonds is 2. The first kappa shape index (κ1) is 23.3. The third-order valence-corrected chi connectivity index (χ3v) is 7.38. The number of amides is 2. The lowest BCUT2D eigenvalue weighted by molar-refractivity contribution is -0.137. The zero-order valence-corrected chi connectivity index (χ0v) is 19.3. The number of carbonyl (C=O) groups excluding carboxylic acids is 4. The number of fused-ring (bicyclic) bond motifs is 3. The first-order valence-electron chi connectivity index (χ1n) is 11.5. The van der Waals surface area contributed by atoms with E-state index in [-0.39, 0.29) is 16.8 Å². The maximum absolute atomic E-state index is 13.8. The Kier molecular flexibility index (Phi) is 4.84. The largest absolute Gasteiger partial charge is 0.416 e. The van der Waals surface area contributed by atoms with Gasteiger partial charge >= 0.3 is 6.18 Å². The quantitative estimate of drug-likeness (QED) is 0.372. The summed E-state index contributed by atoms with van der Waals surface area (Å²) < 4.78 is 45.4. The number of anilines is 1. The molecule has 3 aliphatic rings. The summed E-state index contributed by atoms with van der Waals surface area (Å²) in [5.41, 5.74) is -1.63. The molecular weight excluding hydrogens is 487 g/mol. The number of benzene rings is 3. The van der Waals surface area contributed by atoms with Crippen LogP contribution in [0, 0.1) is 18.8 Å². The topological polar surface area (TPSA) is 80.8 Å². The number of hydrogen-bond donors (Lipinski definition) is 0. The third kappa shape index (κ3) is 3.10. The lowest BCUT2D eigenvalue weighted by atomic mass is 9.77. The Bertz CT molecular complexity index is 1460. The number of ketones is 2. The van der Waals surface area contributed by atoms with Gasteiger partial charge in [-0.2, -0.15) is 13.2 Å². The number of carbonyl (C=O) groups is 4. The molecule has 2 saturated heterocycles. The number of nitrogens with zero attached hydrogens (tertiary/aromatic N) is 1. The molecular formula is C28H18F3NO5. The normalized spacial score (nSPS) is 24.2. The van der Waals surface area contributed by atoms with Gasteiger partial charge in [0.1, 0.15) is 0 Å². The molecule has 6 rings (SSSR count).